The van der Waals surface area contributed by atoms with Crippen LogP contribution in [0.5, 0.6) is 28.7 Å². The maximum Gasteiger partial charge on any atom is 0.297 e. The molecule has 13 N–H and O–H groups in total. The Kier molecular flexibility index (Phi) is 17.2. The maximum atomic E-state index is 13.1. The predicted octanol–water partition coefficient (Wildman–Crippen LogP) is 7.50. The van der Waals surface area contributed by atoms with Crippen molar-refractivity contribution in [3.8, 4) is 28.7 Å². The highest BCUT2D eigenvalue weighted by Crippen LogP contribution is 2.51. The summed E-state index contributed by atoms with van der Waals surface area (Å²) in [5, 5.41) is 57.3. The van der Waals surface area contributed by atoms with E-state index in [4.69, 9.17) is 15.2 Å². The molecule has 38 nitrogen and oxygen atoms in total. The van der Waals surface area contributed by atoms with Crippen LogP contribution < -0.4 is 15.2 Å². The summed E-state index contributed by atoms with van der Waals surface area (Å²) >= 11 is 0. The number of phenols is 3. The zero-order valence-corrected chi connectivity index (χ0v) is 50.3. The van der Waals surface area contributed by atoms with E-state index in [1.807, 2.05) is 0 Å². The van der Waals surface area contributed by atoms with E-state index in [0.717, 1.165) is 50.6 Å². The number of benzene rings is 8. The summed E-state index contributed by atoms with van der Waals surface area (Å²) in [5.41, 5.74) is -3.62. The lowest BCUT2D eigenvalue weighted by atomic mass is 10.0. The van der Waals surface area contributed by atoms with E-state index in [1.54, 1.807) is 0 Å². The van der Waals surface area contributed by atoms with Gasteiger partial charge in [-0.3, -0.25) is 36.4 Å². The van der Waals surface area contributed by atoms with E-state index in [0.29, 0.717) is 36.4 Å². The molecule has 0 saturated heterocycles. The molecule has 8 aromatic rings. The van der Waals surface area contributed by atoms with E-state index in [1.165, 1.54) is 0 Å². The molecule has 0 saturated carbocycles. The summed E-state index contributed by atoms with van der Waals surface area (Å²) < 4.78 is 294. The minimum Gasteiger partial charge on any atom is -0.505 e. The van der Waals surface area contributed by atoms with Gasteiger partial charge in [0.2, 0.25) is 0 Å². The fourth-order valence-electron chi connectivity index (χ4n) is 8.30. The van der Waals surface area contributed by atoms with Gasteiger partial charge in [-0.2, -0.15) is 67.3 Å². The quantitative estimate of drug-likeness (QED) is 0.0225. The monoisotopic (exact) mass is 1410 g/mol. The standard InChI is InChI=1S/C44H33N9O29S8/c1-81-18-3-6-24(31(11-18)85(63,64)65)46-51-38-33(87(69,70)71)10-17-9-30(84(60,61)62)27(13-21(17)42(38)55)49-50-28-16-29(83(57,58)59)23-15-35(89(75,76)77)40(43(56)36(23)37(28)45)53-48-26-8-5-20-22(44(26)90(78,79)80)14-34(88(72,73)74)39(41(20)54)52-47-25-7-4-19(82-2)12-32(25)86(66,67)68/h3-16,54-56H,45H2,1-2H3,(H,57,58,59)(H,60,61,62)(H,63,64,65)(H,66,67,68)(H,69,70,71)(H,72,73,74)(H,75,76,77)(H,78,79,80). The summed E-state index contributed by atoms with van der Waals surface area (Å²) in [4.78, 5) is -10.9. The lowest BCUT2D eigenvalue weighted by Crippen LogP contribution is -2.04. The Balaban J connectivity index is 1.33. The number of nitrogens with zero attached hydrogens (tertiary/aromatic N) is 8. The number of phenolic OH excluding ortho intramolecular Hbond substituents is 3. The first-order chi connectivity index (χ1) is 41.3. The Morgan fingerprint density at radius 3 is 1.11 bits per heavy atom. The number of methoxy groups -OCH3 is 2. The first-order valence-electron chi connectivity index (χ1n) is 22.9. The molecule has 8 rings (SSSR count). The second-order valence-electron chi connectivity index (χ2n) is 17.8. The van der Waals surface area contributed by atoms with Crippen molar-refractivity contribution in [2.24, 2.45) is 40.9 Å². The van der Waals surface area contributed by atoms with Crippen LogP contribution >= 0.6 is 0 Å². The molecular weight excluding hydrogens is 1380 g/mol. The van der Waals surface area contributed by atoms with Gasteiger partial charge in [0.05, 0.1) is 25.3 Å². The van der Waals surface area contributed by atoms with Crippen LogP contribution in [-0.2, 0) is 80.9 Å². The van der Waals surface area contributed by atoms with Crippen LogP contribution in [0.3, 0.4) is 0 Å². The average Bonchev–Trinajstić information content (AvgIpc) is 0.824. The van der Waals surface area contributed by atoms with Gasteiger partial charge in [0.15, 0.2) is 17.2 Å². The molecular formula is C44H33N9O29S8. The van der Waals surface area contributed by atoms with E-state index >= 15 is 0 Å². The van der Waals surface area contributed by atoms with Crippen LogP contribution in [-0.4, -0.2) is 133 Å². The van der Waals surface area contributed by atoms with E-state index in [9.17, 15) is 119 Å². The largest absolute Gasteiger partial charge is 0.505 e. The molecule has 90 heavy (non-hydrogen) atoms. The number of fused-ring (bicyclic) bond motifs is 3. The highest BCUT2D eigenvalue weighted by atomic mass is 32.2. The van der Waals surface area contributed by atoms with E-state index in [-0.39, 0.29) is 23.6 Å². The number of rotatable bonds is 18. The first-order valence-corrected chi connectivity index (χ1v) is 34.4. The fraction of sp³-hybridized carbons (Fsp3) is 0.0455. The van der Waals surface area contributed by atoms with Crippen molar-refractivity contribution in [2.75, 3.05) is 20.0 Å². The molecule has 8 aromatic carbocycles. The molecule has 46 heteroatoms. The summed E-state index contributed by atoms with van der Waals surface area (Å²) in [6.45, 7) is 0. The second-order valence-corrected chi connectivity index (χ2v) is 28.9. The zero-order chi connectivity index (χ0) is 67.1. The Labute approximate surface area is 503 Å². The minimum absolute atomic E-state index is 0.150. The van der Waals surface area contributed by atoms with Crippen LogP contribution in [0.25, 0.3) is 32.3 Å². The molecule has 0 unspecified atom stereocenters. The van der Waals surface area contributed by atoms with Gasteiger partial charge in [-0.25, -0.2) is 0 Å². The smallest absolute Gasteiger partial charge is 0.297 e. The topological polar surface area (TPSA) is 639 Å². The normalized spacial score (nSPS) is 13.5. The van der Waals surface area contributed by atoms with Crippen LogP contribution in [0.2, 0.25) is 0 Å². The predicted molar refractivity (Wildman–Crippen MR) is 302 cm³/mol. The molecule has 0 fully saturated rings. The number of ether oxygens (including phenoxy) is 2. The molecule has 0 heterocycles. The molecule has 0 aromatic heterocycles. The van der Waals surface area contributed by atoms with Crippen molar-refractivity contribution in [1.82, 2.24) is 0 Å². The van der Waals surface area contributed by atoms with Crippen molar-refractivity contribution in [3.63, 3.8) is 0 Å². The molecule has 0 aliphatic carbocycles. The fourth-order valence-corrected chi connectivity index (χ4v) is 13.7. The van der Waals surface area contributed by atoms with Gasteiger partial charge in [0.25, 0.3) is 80.9 Å². The Morgan fingerprint density at radius 1 is 0.322 bits per heavy atom. The van der Waals surface area contributed by atoms with Crippen LogP contribution in [0.4, 0.5) is 51.2 Å². The van der Waals surface area contributed by atoms with Crippen molar-refractivity contribution in [2.45, 2.75) is 39.2 Å². The second kappa shape index (κ2) is 23.1. The van der Waals surface area contributed by atoms with Crippen LogP contribution in [0.15, 0.2) is 165 Å². The number of nitrogen functional groups attached to an aromatic ring is 1. The molecule has 0 aliphatic rings. The lowest BCUT2D eigenvalue weighted by molar-refractivity contribution is 0.412. The lowest BCUT2D eigenvalue weighted by Gasteiger charge is -2.15. The third kappa shape index (κ3) is 13.3. The molecule has 0 spiro atoms. The number of azo groups is 4. The SMILES string of the molecule is COc1ccc(N=Nc2c(S(=O)(=O)O)cc3cc(S(=O)(=O)O)c(N=Nc4cc(S(=O)(=O)O)c5cc(S(=O)(=O)O)c(N=Nc6ccc7c(O)c(N=Nc8ccc(OC)cc8S(=O)(=O)O)c(S(=O)(=O)O)cc7c6S(=O)(=O)O)c(O)c5c4N)cc3c2O)c(S(=O)(=O)O)c1. The maximum absolute atomic E-state index is 13.1. The Morgan fingerprint density at radius 2 is 0.678 bits per heavy atom. The van der Waals surface area contributed by atoms with Gasteiger partial charge >= 0.3 is 0 Å². The zero-order valence-electron chi connectivity index (χ0n) is 43.8. The minimum atomic E-state index is -5.85. The van der Waals surface area contributed by atoms with Crippen molar-refractivity contribution >= 4 is 164 Å². The Hall–Kier alpha value is -8.98. The number of hydrogen-bond donors (Lipinski definition) is 12. The van der Waals surface area contributed by atoms with Crippen molar-refractivity contribution in [1.29, 1.82) is 0 Å². The van der Waals surface area contributed by atoms with Gasteiger partial charge in [-0.05, 0) is 78.2 Å². The highest BCUT2D eigenvalue weighted by Gasteiger charge is 2.33. The number of aromatic hydroxyl groups is 3. The average molecular weight is 1410 g/mol. The number of nitrogens with two attached hydrogens (primary N) is 1. The van der Waals surface area contributed by atoms with Gasteiger partial charge in [0, 0.05) is 33.7 Å². The molecule has 0 radical (unpaired) electrons. The number of anilines is 1. The van der Waals surface area contributed by atoms with Gasteiger partial charge in [-0.15, -0.1) is 40.9 Å². The third-order valence-corrected chi connectivity index (χ3v) is 19.3. The van der Waals surface area contributed by atoms with Gasteiger partial charge in [0.1, 0.15) is 96.2 Å². The number of hydrogen-bond acceptors (Lipinski definition) is 30. The van der Waals surface area contributed by atoms with Crippen molar-refractivity contribution in [3.05, 3.63) is 84.9 Å². The molecule has 0 atom stereocenters. The van der Waals surface area contributed by atoms with Crippen LogP contribution in [0, 0.1) is 0 Å². The highest BCUT2D eigenvalue weighted by molar-refractivity contribution is 7.88. The van der Waals surface area contributed by atoms with E-state index < -0.39 is 221 Å². The molecule has 0 bridgehead atoms. The third-order valence-electron chi connectivity index (χ3n) is 12.2. The van der Waals surface area contributed by atoms with Crippen LogP contribution in [0.1, 0.15) is 0 Å². The van der Waals surface area contributed by atoms with Crippen molar-refractivity contribution < 1.29 is 129 Å². The Bertz CT molecular complexity index is 5610. The van der Waals surface area contributed by atoms with E-state index in [2.05, 4.69) is 40.9 Å². The summed E-state index contributed by atoms with van der Waals surface area (Å²) in [7, 11) is -42.4. The first kappa shape index (κ1) is 67.0. The summed E-state index contributed by atoms with van der Waals surface area (Å²) in [6.07, 6.45) is 0. The van der Waals surface area contributed by atoms with Gasteiger partial charge < -0.3 is 30.5 Å². The summed E-state index contributed by atoms with van der Waals surface area (Å²) in [6, 6.07) is 8.82. The molecule has 0 aliphatic heterocycles. The molecule has 0 amide bonds. The van der Waals surface area contributed by atoms with Gasteiger partial charge in [-0.1, -0.05) is 0 Å². The molecule has 476 valence electrons. The summed E-state index contributed by atoms with van der Waals surface area (Å²) in [5.74, 6) is -4.71.